The first kappa shape index (κ1) is 20.3. The summed E-state index contributed by atoms with van der Waals surface area (Å²) in [6, 6.07) is 14.3. The van der Waals surface area contributed by atoms with E-state index in [1.807, 2.05) is 24.3 Å². The van der Waals surface area contributed by atoms with E-state index in [1.165, 1.54) is 38.4 Å². The van der Waals surface area contributed by atoms with Gasteiger partial charge in [-0.1, -0.05) is 42.0 Å². The minimum absolute atomic E-state index is 0.289. The fourth-order valence-electron chi connectivity index (χ4n) is 3.93. The van der Waals surface area contributed by atoms with Gasteiger partial charge in [0.2, 0.25) is 0 Å². The van der Waals surface area contributed by atoms with E-state index >= 15 is 0 Å². The number of esters is 1. The van der Waals surface area contributed by atoms with Gasteiger partial charge in [0.25, 0.3) is 0 Å². The number of aryl methyl sites for hydroxylation is 1. The molecule has 3 rings (SSSR count). The number of ether oxygens (including phenoxy) is 1. The largest absolute Gasteiger partial charge is 0.465 e. The average molecular weight is 378 g/mol. The lowest BCUT2D eigenvalue weighted by atomic mass is 9.94. The van der Waals surface area contributed by atoms with E-state index in [0.717, 1.165) is 36.2 Å². The number of benzene rings is 2. The van der Waals surface area contributed by atoms with Crippen molar-refractivity contribution in [3.8, 4) is 11.1 Å². The van der Waals surface area contributed by atoms with Crippen LogP contribution in [0.15, 0.2) is 54.1 Å². The van der Waals surface area contributed by atoms with E-state index in [1.54, 1.807) is 5.57 Å². The molecule has 0 heterocycles. The third kappa shape index (κ3) is 5.11. The molecule has 0 N–H and O–H groups in total. The van der Waals surface area contributed by atoms with Crippen LogP contribution in [0.3, 0.4) is 0 Å². The molecule has 0 aromatic heterocycles. The molecule has 0 fully saturated rings. The van der Waals surface area contributed by atoms with Crippen LogP contribution < -0.4 is 0 Å². The molecule has 0 unspecified atom stereocenters. The maximum atomic E-state index is 12.3. The Morgan fingerprint density at radius 2 is 1.93 bits per heavy atom. The molecule has 0 aliphatic heterocycles. The zero-order valence-electron chi connectivity index (χ0n) is 17.3. The van der Waals surface area contributed by atoms with Gasteiger partial charge in [-0.25, -0.2) is 4.79 Å². The Kier molecular flexibility index (Phi) is 7.05. The molecule has 2 aromatic carbocycles. The summed E-state index contributed by atoms with van der Waals surface area (Å²) >= 11 is 0. The van der Waals surface area contributed by atoms with Crippen molar-refractivity contribution in [2.75, 3.05) is 20.7 Å². The Hall–Kier alpha value is -2.39. The van der Waals surface area contributed by atoms with Crippen molar-refractivity contribution < 1.29 is 9.53 Å². The summed E-state index contributed by atoms with van der Waals surface area (Å²) in [4.78, 5) is 14.7. The summed E-state index contributed by atoms with van der Waals surface area (Å²) in [5.74, 6) is -0.289. The standard InChI is InChI=1S/C25H31NO2/c1-19-9-7-8-12-22(19)24-17-21(13-14-23(24)25(27)28-3)18-26(2)16-15-20-10-5-4-6-11-20/h7-10,12-14,17H,4-6,11,15-16,18H2,1-3H3. The monoisotopic (exact) mass is 377 g/mol. The number of nitrogens with zero attached hydrogens (tertiary/aromatic N) is 1. The average Bonchev–Trinajstić information content (AvgIpc) is 2.73. The number of carbonyl (C=O) groups excluding carboxylic acids is 1. The predicted molar refractivity (Wildman–Crippen MR) is 115 cm³/mol. The molecular weight excluding hydrogens is 346 g/mol. The van der Waals surface area contributed by atoms with Crippen molar-refractivity contribution in [1.29, 1.82) is 0 Å². The molecule has 3 heteroatoms. The number of methoxy groups -OCH3 is 1. The first-order chi connectivity index (χ1) is 13.6. The molecule has 0 radical (unpaired) electrons. The molecule has 0 saturated carbocycles. The first-order valence-electron chi connectivity index (χ1n) is 10.2. The van der Waals surface area contributed by atoms with Gasteiger partial charge in [0.15, 0.2) is 0 Å². The molecule has 0 bridgehead atoms. The molecule has 2 aromatic rings. The molecule has 28 heavy (non-hydrogen) atoms. The normalized spacial score (nSPS) is 14.1. The Balaban J connectivity index is 1.78. The summed E-state index contributed by atoms with van der Waals surface area (Å²) in [6.07, 6.45) is 8.77. The molecule has 0 saturated heterocycles. The number of rotatable bonds is 7. The maximum absolute atomic E-state index is 12.3. The summed E-state index contributed by atoms with van der Waals surface area (Å²) in [5.41, 5.74) is 6.63. The highest BCUT2D eigenvalue weighted by Crippen LogP contribution is 2.29. The Morgan fingerprint density at radius 1 is 1.11 bits per heavy atom. The summed E-state index contributed by atoms with van der Waals surface area (Å²) in [6.45, 7) is 4.00. The summed E-state index contributed by atoms with van der Waals surface area (Å²) in [7, 11) is 3.61. The second-order valence-electron chi connectivity index (χ2n) is 7.78. The van der Waals surface area contributed by atoms with Gasteiger partial charge in [-0.2, -0.15) is 0 Å². The lowest BCUT2D eigenvalue weighted by molar-refractivity contribution is 0.0601. The Morgan fingerprint density at radius 3 is 2.64 bits per heavy atom. The van der Waals surface area contributed by atoms with Crippen LogP contribution in [0.25, 0.3) is 11.1 Å². The van der Waals surface area contributed by atoms with E-state index in [2.05, 4.69) is 43.1 Å². The molecule has 0 spiro atoms. The smallest absolute Gasteiger partial charge is 0.338 e. The van der Waals surface area contributed by atoms with Crippen LogP contribution in [-0.2, 0) is 11.3 Å². The topological polar surface area (TPSA) is 29.5 Å². The van der Waals surface area contributed by atoms with E-state index in [4.69, 9.17) is 4.74 Å². The quantitative estimate of drug-likeness (QED) is 0.453. The second-order valence-corrected chi connectivity index (χ2v) is 7.78. The second kappa shape index (κ2) is 9.70. The molecule has 1 aliphatic rings. The van der Waals surface area contributed by atoms with Gasteiger partial charge in [-0.3, -0.25) is 0 Å². The Labute approximate surface area is 169 Å². The number of hydrogen-bond acceptors (Lipinski definition) is 3. The van der Waals surface area contributed by atoms with Crippen LogP contribution in [0.4, 0.5) is 0 Å². The molecule has 0 atom stereocenters. The van der Waals surface area contributed by atoms with Crippen LogP contribution in [0.2, 0.25) is 0 Å². The van der Waals surface area contributed by atoms with Crippen LogP contribution in [0.1, 0.15) is 53.6 Å². The Bertz CT molecular complexity index is 853. The minimum Gasteiger partial charge on any atom is -0.465 e. The van der Waals surface area contributed by atoms with E-state index < -0.39 is 0 Å². The number of hydrogen-bond donors (Lipinski definition) is 0. The zero-order chi connectivity index (χ0) is 19.9. The zero-order valence-corrected chi connectivity index (χ0v) is 17.3. The van der Waals surface area contributed by atoms with E-state index in [-0.39, 0.29) is 5.97 Å². The highest BCUT2D eigenvalue weighted by molar-refractivity contribution is 5.97. The van der Waals surface area contributed by atoms with Crippen LogP contribution in [-0.4, -0.2) is 31.6 Å². The summed E-state index contributed by atoms with van der Waals surface area (Å²) < 4.78 is 5.01. The van der Waals surface area contributed by atoms with Gasteiger partial charge >= 0.3 is 5.97 Å². The third-order valence-electron chi connectivity index (χ3n) is 5.58. The third-order valence-corrected chi connectivity index (χ3v) is 5.58. The highest BCUT2D eigenvalue weighted by atomic mass is 16.5. The van der Waals surface area contributed by atoms with Gasteiger partial charge in [-0.05, 0) is 80.5 Å². The predicted octanol–water partition coefficient (Wildman–Crippen LogP) is 5.77. The van der Waals surface area contributed by atoms with Crippen molar-refractivity contribution in [2.24, 2.45) is 0 Å². The summed E-state index contributed by atoms with van der Waals surface area (Å²) in [5, 5.41) is 0. The fourth-order valence-corrected chi connectivity index (χ4v) is 3.93. The lowest BCUT2D eigenvalue weighted by Gasteiger charge is -2.20. The van der Waals surface area contributed by atoms with Crippen LogP contribution >= 0.6 is 0 Å². The van der Waals surface area contributed by atoms with Gasteiger partial charge < -0.3 is 9.64 Å². The number of allylic oxidation sites excluding steroid dienone is 1. The molecule has 3 nitrogen and oxygen atoms in total. The van der Waals surface area contributed by atoms with Crippen LogP contribution in [0, 0.1) is 6.92 Å². The van der Waals surface area contributed by atoms with E-state index in [0.29, 0.717) is 5.56 Å². The van der Waals surface area contributed by atoms with Gasteiger partial charge in [0.05, 0.1) is 12.7 Å². The lowest BCUT2D eigenvalue weighted by Crippen LogP contribution is -2.20. The first-order valence-corrected chi connectivity index (χ1v) is 10.2. The van der Waals surface area contributed by atoms with Gasteiger partial charge in [-0.15, -0.1) is 0 Å². The molecule has 0 amide bonds. The van der Waals surface area contributed by atoms with Crippen molar-refractivity contribution in [1.82, 2.24) is 4.90 Å². The van der Waals surface area contributed by atoms with Crippen molar-refractivity contribution in [3.05, 3.63) is 70.8 Å². The highest BCUT2D eigenvalue weighted by Gasteiger charge is 2.16. The SMILES string of the molecule is COC(=O)c1ccc(CN(C)CCC2=CCCCC2)cc1-c1ccccc1C. The van der Waals surface area contributed by atoms with Crippen molar-refractivity contribution in [2.45, 2.75) is 45.6 Å². The van der Waals surface area contributed by atoms with Crippen molar-refractivity contribution in [3.63, 3.8) is 0 Å². The van der Waals surface area contributed by atoms with Gasteiger partial charge in [0, 0.05) is 13.1 Å². The minimum atomic E-state index is -0.289. The molecule has 148 valence electrons. The van der Waals surface area contributed by atoms with Gasteiger partial charge in [0.1, 0.15) is 0 Å². The maximum Gasteiger partial charge on any atom is 0.338 e. The van der Waals surface area contributed by atoms with Crippen molar-refractivity contribution >= 4 is 5.97 Å². The fraction of sp³-hybridized carbons (Fsp3) is 0.400. The molecular formula is C25H31NO2. The van der Waals surface area contributed by atoms with Crippen LogP contribution in [0.5, 0.6) is 0 Å². The molecule has 1 aliphatic carbocycles. The number of carbonyl (C=O) groups is 1. The van der Waals surface area contributed by atoms with E-state index in [9.17, 15) is 4.79 Å².